The zero-order valence-electron chi connectivity index (χ0n) is 12.7. The van der Waals surface area contributed by atoms with Gasteiger partial charge in [-0.25, -0.2) is 0 Å². The first-order valence-corrected chi connectivity index (χ1v) is 7.86. The first-order chi connectivity index (χ1) is 9.11. The Hall–Kier alpha value is -0.610. The van der Waals surface area contributed by atoms with E-state index in [9.17, 15) is 4.79 Å². The minimum Gasteiger partial charge on any atom is -0.339 e. The van der Waals surface area contributed by atoms with Gasteiger partial charge in [0, 0.05) is 32.2 Å². The summed E-state index contributed by atoms with van der Waals surface area (Å²) in [7, 11) is 0. The lowest BCUT2D eigenvalue weighted by molar-refractivity contribution is -0.141. The van der Waals surface area contributed by atoms with E-state index in [0.29, 0.717) is 17.9 Å². The molecule has 2 aliphatic rings. The monoisotopic (exact) mass is 267 g/mol. The third-order valence-electron chi connectivity index (χ3n) is 4.52. The van der Waals surface area contributed by atoms with Gasteiger partial charge in [-0.15, -0.1) is 0 Å². The topological polar surface area (TPSA) is 35.6 Å². The molecule has 0 bridgehead atoms. The number of hydrogen-bond donors (Lipinski definition) is 1. The second kappa shape index (κ2) is 6.71. The zero-order chi connectivity index (χ0) is 13.8. The van der Waals surface area contributed by atoms with E-state index in [1.807, 2.05) is 0 Å². The summed E-state index contributed by atoms with van der Waals surface area (Å²) in [6, 6.07) is 0.626. The standard InChI is InChI=1S/C15H29N3O/c1-12(2)14(18-9-5-4-6-13(18)3)15(19)17-10-7-16-8-11-17/h12-14,16H,4-11H2,1-3H3. The highest BCUT2D eigenvalue weighted by Crippen LogP contribution is 2.24. The number of likely N-dealkylation sites (tertiary alicyclic amines) is 1. The van der Waals surface area contributed by atoms with Gasteiger partial charge in [-0.2, -0.15) is 0 Å². The number of nitrogens with one attached hydrogen (secondary N) is 1. The SMILES string of the molecule is CC(C)C(C(=O)N1CCNCC1)N1CCCCC1C. The molecular weight excluding hydrogens is 238 g/mol. The number of amides is 1. The van der Waals surface area contributed by atoms with E-state index in [-0.39, 0.29) is 6.04 Å². The van der Waals surface area contributed by atoms with Crippen molar-refractivity contribution in [3.8, 4) is 0 Å². The number of rotatable bonds is 3. The Morgan fingerprint density at radius 3 is 2.42 bits per heavy atom. The van der Waals surface area contributed by atoms with Crippen LogP contribution in [0.1, 0.15) is 40.0 Å². The molecule has 4 heteroatoms. The number of nitrogens with zero attached hydrogens (tertiary/aromatic N) is 2. The van der Waals surface area contributed by atoms with E-state index in [4.69, 9.17) is 0 Å². The minimum atomic E-state index is 0.0772. The lowest BCUT2D eigenvalue weighted by Gasteiger charge is -2.43. The van der Waals surface area contributed by atoms with Gasteiger partial charge in [0.1, 0.15) is 0 Å². The molecule has 2 aliphatic heterocycles. The summed E-state index contributed by atoms with van der Waals surface area (Å²) >= 11 is 0. The molecule has 2 unspecified atom stereocenters. The van der Waals surface area contributed by atoms with Crippen LogP contribution in [-0.2, 0) is 4.79 Å². The molecule has 4 nitrogen and oxygen atoms in total. The summed E-state index contributed by atoms with van der Waals surface area (Å²) in [6.07, 6.45) is 3.78. The molecular formula is C15H29N3O. The Kier molecular flexibility index (Phi) is 5.22. The molecule has 110 valence electrons. The maximum Gasteiger partial charge on any atom is 0.240 e. The lowest BCUT2D eigenvalue weighted by atomic mass is 9.94. The average Bonchev–Trinajstić information content (AvgIpc) is 2.42. The summed E-state index contributed by atoms with van der Waals surface area (Å²) in [5, 5.41) is 3.32. The van der Waals surface area contributed by atoms with Crippen molar-refractivity contribution in [2.75, 3.05) is 32.7 Å². The van der Waals surface area contributed by atoms with Gasteiger partial charge < -0.3 is 10.2 Å². The normalized spacial score (nSPS) is 27.6. The first kappa shape index (κ1) is 14.8. The second-order valence-corrected chi connectivity index (χ2v) is 6.35. The van der Waals surface area contributed by atoms with Gasteiger partial charge in [-0.05, 0) is 32.2 Å². The van der Waals surface area contributed by atoms with Crippen molar-refractivity contribution >= 4 is 5.91 Å². The predicted octanol–water partition coefficient (Wildman–Crippen LogP) is 1.32. The smallest absolute Gasteiger partial charge is 0.240 e. The number of piperazine rings is 1. The van der Waals surface area contributed by atoms with Crippen molar-refractivity contribution in [1.82, 2.24) is 15.1 Å². The Morgan fingerprint density at radius 1 is 1.16 bits per heavy atom. The molecule has 0 spiro atoms. The molecule has 2 heterocycles. The molecule has 2 atom stereocenters. The molecule has 0 aromatic carbocycles. The number of piperidine rings is 1. The van der Waals surface area contributed by atoms with Crippen LogP contribution in [0.2, 0.25) is 0 Å². The highest BCUT2D eigenvalue weighted by Gasteiger charge is 2.35. The van der Waals surface area contributed by atoms with Crippen molar-refractivity contribution in [1.29, 1.82) is 0 Å². The average molecular weight is 267 g/mol. The largest absolute Gasteiger partial charge is 0.339 e. The molecule has 2 saturated heterocycles. The Bertz CT molecular complexity index is 300. The highest BCUT2D eigenvalue weighted by molar-refractivity contribution is 5.82. The minimum absolute atomic E-state index is 0.0772. The van der Waals surface area contributed by atoms with Crippen molar-refractivity contribution in [2.24, 2.45) is 5.92 Å². The van der Waals surface area contributed by atoms with Crippen LogP contribution in [0, 0.1) is 5.92 Å². The summed E-state index contributed by atoms with van der Waals surface area (Å²) in [6.45, 7) is 11.3. The second-order valence-electron chi connectivity index (χ2n) is 6.35. The van der Waals surface area contributed by atoms with Gasteiger partial charge in [0.15, 0.2) is 0 Å². The van der Waals surface area contributed by atoms with Crippen LogP contribution < -0.4 is 5.32 Å². The van der Waals surface area contributed by atoms with Crippen LogP contribution in [0.4, 0.5) is 0 Å². The third-order valence-corrected chi connectivity index (χ3v) is 4.52. The maximum atomic E-state index is 12.8. The number of carbonyl (C=O) groups excluding carboxylic acids is 1. The molecule has 2 fully saturated rings. The van der Waals surface area contributed by atoms with Crippen LogP contribution in [0.15, 0.2) is 0 Å². The molecule has 19 heavy (non-hydrogen) atoms. The van der Waals surface area contributed by atoms with E-state index in [1.54, 1.807) is 0 Å². The molecule has 0 aliphatic carbocycles. The fourth-order valence-corrected chi connectivity index (χ4v) is 3.42. The number of hydrogen-bond acceptors (Lipinski definition) is 3. The van der Waals surface area contributed by atoms with Gasteiger partial charge in [-0.1, -0.05) is 20.3 Å². The van der Waals surface area contributed by atoms with E-state index in [2.05, 4.69) is 35.9 Å². The van der Waals surface area contributed by atoms with E-state index in [1.165, 1.54) is 19.3 Å². The predicted molar refractivity (Wildman–Crippen MR) is 78.1 cm³/mol. The third kappa shape index (κ3) is 3.48. The molecule has 0 radical (unpaired) electrons. The van der Waals surface area contributed by atoms with Crippen LogP contribution in [0.5, 0.6) is 0 Å². The first-order valence-electron chi connectivity index (χ1n) is 7.86. The summed E-state index contributed by atoms with van der Waals surface area (Å²) in [4.78, 5) is 17.4. The van der Waals surface area contributed by atoms with Crippen LogP contribution in [0.3, 0.4) is 0 Å². The molecule has 0 aromatic rings. The van der Waals surface area contributed by atoms with Crippen LogP contribution in [0.25, 0.3) is 0 Å². The molecule has 2 rings (SSSR count). The Morgan fingerprint density at radius 2 is 1.84 bits per heavy atom. The quantitative estimate of drug-likeness (QED) is 0.837. The fraction of sp³-hybridized carbons (Fsp3) is 0.933. The van der Waals surface area contributed by atoms with Gasteiger partial charge >= 0.3 is 0 Å². The van der Waals surface area contributed by atoms with Gasteiger partial charge in [0.2, 0.25) is 5.91 Å². The van der Waals surface area contributed by atoms with Crippen molar-refractivity contribution < 1.29 is 4.79 Å². The Balaban J connectivity index is 2.07. The Labute approximate surface area is 117 Å². The summed E-state index contributed by atoms with van der Waals surface area (Å²) in [5.41, 5.74) is 0. The maximum absolute atomic E-state index is 12.8. The van der Waals surface area contributed by atoms with Crippen LogP contribution >= 0.6 is 0 Å². The lowest BCUT2D eigenvalue weighted by Crippen LogP contribution is -2.58. The van der Waals surface area contributed by atoms with Gasteiger partial charge in [0.25, 0.3) is 0 Å². The van der Waals surface area contributed by atoms with Crippen molar-refractivity contribution in [3.05, 3.63) is 0 Å². The highest BCUT2D eigenvalue weighted by atomic mass is 16.2. The zero-order valence-corrected chi connectivity index (χ0v) is 12.7. The van der Waals surface area contributed by atoms with Crippen LogP contribution in [-0.4, -0.2) is 60.5 Å². The van der Waals surface area contributed by atoms with Gasteiger partial charge in [0.05, 0.1) is 6.04 Å². The number of carbonyl (C=O) groups is 1. The molecule has 1 amide bonds. The molecule has 0 aromatic heterocycles. The summed E-state index contributed by atoms with van der Waals surface area (Å²) < 4.78 is 0. The summed E-state index contributed by atoms with van der Waals surface area (Å²) in [5.74, 6) is 0.744. The van der Waals surface area contributed by atoms with E-state index < -0.39 is 0 Å². The molecule has 0 saturated carbocycles. The van der Waals surface area contributed by atoms with E-state index in [0.717, 1.165) is 32.7 Å². The van der Waals surface area contributed by atoms with Crippen molar-refractivity contribution in [3.63, 3.8) is 0 Å². The van der Waals surface area contributed by atoms with E-state index >= 15 is 0 Å². The fourth-order valence-electron chi connectivity index (χ4n) is 3.42. The van der Waals surface area contributed by atoms with Gasteiger partial charge in [-0.3, -0.25) is 9.69 Å². The van der Waals surface area contributed by atoms with Crippen molar-refractivity contribution in [2.45, 2.75) is 52.1 Å². The molecule has 1 N–H and O–H groups in total.